The number of sulfonamides is 1. The first-order valence-corrected chi connectivity index (χ1v) is 7.78. The zero-order chi connectivity index (χ0) is 11.6. The van der Waals surface area contributed by atoms with Crippen LogP contribution in [-0.4, -0.2) is 21.0 Å². The van der Waals surface area contributed by atoms with Crippen LogP contribution in [-0.2, 0) is 16.6 Å². The molecule has 1 saturated carbocycles. The van der Waals surface area contributed by atoms with Crippen molar-refractivity contribution in [1.29, 1.82) is 0 Å². The van der Waals surface area contributed by atoms with E-state index in [2.05, 4.69) is 10.0 Å². The first-order valence-electron chi connectivity index (χ1n) is 5.42. The molecule has 1 aliphatic carbocycles. The maximum Gasteiger partial charge on any atom is 0.241 e. The van der Waals surface area contributed by atoms with E-state index in [9.17, 15) is 8.42 Å². The van der Waals surface area contributed by atoms with Gasteiger partial charge in [-0.1, -0.05) is 6.92 Å². The van der Waals surface area contributed by atoms with Crippen molar-refractivity contribution < 1.29 is 8.42 Å². The van der Waals surface area contributed by atoms with Gasteiger partial charge >= 0.3 is 0 Å². The maximum absolute atomic E-state index is 11.7. The average Bonchev–Trinajstić information content (AvgIpc) is 2.92. The van der Waals surface area contributed by atoms with Crippen molar-refractivity contribution in [1.82, 2.24) is 10.0 Å². The van der Waals surface area contributed by atoms with E-state index in [1.54, 1.807) is 18.4 Å². The molecule has 0 atom stereocenters. The Labute approximate surface area is 100 Å². The second-order valence-corrected chi connectivity index (χ2v) is 6.67. The Bertz CT molecular complexity index is 449. The number of hydrogen-bond acceptors (Lipinski definition) is 4. The van der Waals surface area contributed by atoms with Gasteiger partial charge in [0.05, 0.1) is 4.90 Å². The number of nitrogens with one attached hydrogen (secondary N) is 2. The van der Waals surface area contributed by atoms with Crippen LogP contribution in [0.15, 0.2) is 16.3 Å². The van der Waals surface area contributed by atoms with E-state index in [4.69, 9.17) is 0 Å². The second kappa shape index (κ2) is 4.83. The van der Waals surface area contributed by atoms with Crippen molar-refractivity contribution in [3.63, 3.8) is 0 Å². The fourth-order valence-corrected chi connectivity index (χ4v) is 3.67. The zero-order valence-corrected chi connectivity index (χ0v) is 10.8. The van der Waals surface area contributed by atoms with Crippen LogP contribution < -0.4 is 10.0 Å². The molecule has 1 aliphatic rings. The van der Waals surface area contributed by atoms with Crippen LogP contribution in [0.25, 0.3) is 0 Å². The first-order chi connectivity index (χ1) is 7.62. The van der Waals surface area contributed by atoms with Crippen LogP contribution in [0.2, 0.25) is 0 Å². The van der Waals surface area contributed by atoms with Gasteiger partial charge < -0.3 is 5.32 Å². The molecule has 1 aromatic heterocycles. The standard InChI is InChI=1S/C10H16N2O2S2/c1-2-12-16(13,14)10-5-9(15-7-10)6-11-8-3-4-8/h5,7-8,11-12H,2-4,6H2,1H3. The minimum atomic E-state index is -3.28. The third-order valence-corrected chi connectivity index (χ3v) is 5.03. The van der Waals surface area contributed by atoms with Gasteiger partial charge in [0.15, 0.2) is 0 Å². The molecule has 1 heterocycles. The fraction of sp³-hybridized carbons (Fsp3) is 0.600. The van der Waals surface area contributed by atoms with Gasteiger partial charge in [-0.25, -0.2) is 13.1 Å². The predicted octanol–water partition coefficient (Wildman–Crippen LogP) is 1.30. The Kier molecular flexibility index (Phi) is 3.63. The molecule has 6 heteroatoms. The highest BCUT2D eigenvalue weighted by atomic mass is 32.2. The van der Waals surface area contributed by atoms with Crippen LogP contribution >= 0.6 is 11.3 Å². The fourth-order valence-electron chi connectivity index (χ4n) is 1.40. The molecule has 16 heavy (non-hydrogen) atoms. The lowest BCUT2D eigenvalue weighted by Gasteiger charge is -2.00. The molecule has 0 amide bonds. The summed E-state index contributed by atoms with van der Waals surface area (Å²) in [6.07, 6.45) is 2.49. The van der Waals surface area contributed by atoms with Crippen LogP contribution in [0.1, 0.15) is 24.6 Å². The lowest BCUT2D eigenvalue weighted by molar-refractivity contribution is 0.584. The Hall–Kier alpha value is -0.430. The van der Waals surface area contributed by atoms with Crippen molar-refractivity contribution in [3.8, 4) is 0 Å². The van der Waals surface area contributed by atoms with Crippen LogP contribution in [0.3, 0.4) is 0 Å². The minimum absolute atomic E-state index is 0.381. The third kappa shape index (κ3) is 3.04. The maximum atomic E-state index is 11.7. The van der Waals surface area contributed by atoms with Crippen LogP contribution in [0.5, 0.6) is 0 Å². The summed E-state index contributed by atoms with van der Waals surface area (Å²) in [6.45, 7) is 2.98. The monoisotopic (exact) mass is 260 g/mol. The lowest BCUT2D eigenvalue weighted by Crippen LogP contribution is -2.22. The largest absolute Gasteiger partial charge is 0.309 e. The van der Waals surface area contributed by atoms with Gasteiger partial charge in [0.25, 0.3) is 0 Å². The van der Waals surface area contributed by atoms with Gasteiger partial charge in [0, 0.05) is 29.4 Å². The summed E-state index contributed by atoms with van der Waals surface area (Å²) in [5, 5.41) is 5.06. The minimum Gasteiger partial charge on any atom is -0.309 e. The van der Waals surface area contributed by atoms with Gasteiger partial charge in [-0.2, -0.15) is 0 Å². The quantitative estimate of drug-likeness (QED) is 0.810. The molecule has 0 radical (unpaired) electrons. The van der Waals surface area contributed by atoms with Gasteiger partial charge in [-0.05, 0) is 18.9 Å². The normalized spacial score (nSPS) is 16.6. The number of thiophene rings is 1. The molecule has 2 N–H and O–H groups in total. The topological polar surface area (TPSA) is 58.2 Å². The average molecular weight is 260 g/mol. The van der Waals surface area contributed by atoms with E-state index in [1.165, 1.54) is 24.2 Å². The molecule has 90 valence electrons. The SMILES string of the molecule is CCNS(=O)(=O)c1csc(CNC2CC2)c1. The highest BCUT2D eigenvalue weighted by molar-refractivity contribution is 7.89. The van der Waals surface area contributed by atoms with Gasteiger partial charge in [0.2, 0.25) is 10.0 Å². The molecule has 0 aromatic carbocycles. The summed E-state index contributed by atoms with van der Waals surface area (Å²) >= 11 is 1.49. The van der Waals surface area contributed by atoms with Crippen molar-refractivity contribution in [2.75, 3.05) is 6.54 Å². The van der Waals surface area contributed by atoms with Crippen molar-refractivity contribution in [2.24, 2.45) is 0 Å². The second-order valence-electron chi connectivity index (χ2n) is 3.91. The van der Waals surface area contributed by atoms with Crippen molar-refractivity contribution in [3.05, 3.63) is 16.3 Å². The molecular weight excluding hydrogens is 244 g/mol. The molecule has 2 rings (SSSR count). The highest BCUT2D eigenvalue weighted by Gasteiger charge is 2.21. The molecule has 1 aromatic rings. The van der Waals surface area contributed by atoms with Gasteiger partial charge in [0.1, 0.15) is 0 Å². The summed E-state index contributed by atoms with van der Waals surface area (Å²) in [5.74, 6) is 0. The van der Waals surface area contributed by atoms with E-state index in [0.717, 1.165) is 11.4 Å². The van der Waals surface area contributed by atoms with E-state index in [-0.39, 0.29) is 0 Å². The van der Waals surface area contributed by atoms with E-state index < -0.39 is 10.0 Å². The molecule has 0 saturated heterocycles. The van der Waals surface area contributed by atoms with Crippen molar-refractivity contribution in [2.45, 2.75) is 37.2 Å². The van der Waals surface area contributed by atoms with Crippen LogP contribution in [0.4, 0.5) is 0 Å². The summed E-state index contributed by atoms with van der Waals surface area (Å²) in [5.41, 5.74) is 0. The number of rotatable bonds is 6. The molecular formula is C10H16N2O2S2. The Morgan fingerprint density at radius 3 is 2.88 bits per heavy atom. The molecule has 0 spiro atoms. The molecule has 0 aliphatic heterocycles. The Morgan fingerprint density at radius 1 is 1.50 bits per heavy atom. The molecule has 0 bridgehead atoms. The van der Waals surface area contributed by atoms with Gasteiger partial charge in [-0.3, -0.25) is 0 Å². The van der Waals surface area contributed by atoms with E-state index in [0.29, 0.717) is 17.5 Å². The Balaban J connectivity index is 2.00. The molecule has 1 fully saturated rings. The molecule has 0 unspecified atom stereocenters. The summed E-state index contributed by atoms with van der Waals surface area (Å²) in [6, 6.07) is 2.40. The summed E-state index contributed by atoms with van der Waals surface area (Å²) in [7, 11) is -3.28. The van der Waals surface area contributed by atoms with Crippen molar-refractivity contribution >= 4 is 21.4 Å². The predicted molar refractivity (Wildman–Crippen MR) is 65.0 cm³/mol. The van der Waals surface area contributed by atoms with E-state index >= 15 is 0 Å². The summed E-state index contributed by atoms with van der Waals surface area (Å²) in [4.78, 5) is 1.45. The smallest absolute Gasteiger partial charge is 0.241 e. The lowest BCUT2D eigenvalue weighted by atomic mass is 10.4. The number of hydrogen-bond donors (Lipinski definition) is 2. The zero-order valence-electron chi connectivity index (χ0n) is 9.19. The first kappa shape index (κ1) is 12.0. The molecule has 4 nitrogen and oxygen atoms in total. The summed E-state index contributed by atoms with van der Waals surface area (Å²) < 4.78 is 25.8. The highest BCUT2D eigenvalue weighted by Crippen LogP contribution is 2.22. The van der Waals surface area contributed by atoms with Gasteiger partial charge in [-0.15, -0.1) is 11.3 Å². The van der Waals surface area contributed by atoms with E-state index in [1.807, 2.05) is 0 Å². The van der Waals surface area contributed by atoms with Crippen LogP contribution in [0, 0.1) is 0 Å². The Morgan fingerprint density at radius 2 is 2.25 bits per heavy atom. The third-order valence-electron chi connectivity index (χ3n) is 2.42.